The van der Waals surface area contributed by atoms with Crippen LogP contribution in [-0.4, -0.2) is 43.9 Å². The van der Waals surface area contributed by atoms with Gasteiger partial charge in [0.05, 0.1) is 24.6 Å². The predicted molar refractivity (Wildman–Crippen MR) is 123 cm³/mol. The van der Waals surface area contributed by atoms with Crippen LogP contribution in [0.25, 0.3) is 11.4 Å². The van der Waals surface area contributed by atoms with Gasteiger partial charge in [0.2, 0.25) is 5.91 Å². The molecule has 0 radical (unpaired) electrons. The first-order valence-electron chi connectivity index (χ1n) is 10.5. The molecule has 1 saturated carbocycles. The fourth-order valence-corrected chi connectivity index (χ4v) is 5.01. The second kappa shape index (κ2) is 9.80. The first-order chi connectivity index (χ1) is 15.5. The highest BCUT2D eigenvalue weighted by atomic mass is 35.5. The highest BCUT2D eigenvalue weighted by Crippen LogP contribution is 2.33. The summed E-state index contributed by atoms with van der Waals surface area (Å²) in [5.41, 5.74) is 0.168. The van der Waals surface area contributed by atoms with E-state index in [0.717, 1.165) is 43.4 Å². The molecule has 3 aromatic rings. The number of amides is 1. The normalized spacial score (nSPS) is 15.3. The molecule has 1 aliphatic rings. The summed E-state index contributed by atoms with van der Waals surface area (Å²) >= 11 is 7.35. The maximum absolute atomic E-state index is 13.0. The molecule has 0 N–H and O–H groups in total. The number of rotatable bonds is 7. The number of hydrogen-bond acceptors (Lipinski definition) is 6. The van der Waals surface area contributed by atoms with Crippen molar-refractivity contribution in [3.05, 3.63) is 53.4 Å². The summed E-state index contributed by atoms with van der Waals surface area (Å²) in [4.78, 5) is 14.6. The number of furan rings is 1. The van der Waals surface area contributed by atoms with E-state index >= 15 is 0 Å². The van der Waals surface area contributed by atoms with Crippen LogP contribution in [0.2, 0.25) is 5.02 Å². The zero-order valence-electron chi connectivity index (χ0n) is 17.8. The minimum absolute atomic E-state index is 0.0842. The Morgan fingerprint density at radius 2 is 2.00 bits per heavy atom. The summed E-state index contributed by atoms with van der Waals surface area (Å²) in [6.45, 7) is 0.437. The number of hydrogen-bond donors (Lipinski definition) is 0. The van der Waals surface area contributed by atoms with Crippen LogP contribution in [0.4, 0.5) is 0 Å². The number of carbonyl (C=O) groups excluding carboxylic acids is 1. The van der Waals surface area contributed by atoms with Crippen LogP contribution in [0.3, 0.4) is 0 Å². The molecule has 0 atom stereocenters. The summed E-state index contributed by atoms with van der Waals surface area (Å²) in [5, 5.41) is 19.8. The third-order valence-electron chi connectivity index (χ3n) is 5.94. The van der Waals surface area contributed by atoms with E-state index in [-0.39, 0.29) is 11.7 Å². The van der Waals surface area contributed by atoms with Crippen molar-refractivity contribution in [1.29, 1.82) is 5.26 Å². The van der Waals surface area contributed by atoms with Crippen LogP contribution in [0, 0.1) is 11.3 Å². The largest absolute Gasteiger partial charge is 0.467 e. The highest BCUT2D eigenvalue weighted by Gasteiger charge is 2.38. The monoisotopic (exact) mass is 469 g/mol. The van der Waals surface area contributed by atoms with Gasteiger partial charge in [0.1, 0.15) is 11.3 Å². The van der Waals surface area contributed by atoms with Gasteiger partial charge >= 0.3 is 0 Å². The molecule has 32 heavy (non-hydrogen) atoms. The van der Waals surface area contributed by atoms with Crippen molar-refractivity contribution in [3.63, 3.8) is 0 Å². The van der Waals surface area contributed by atoms with E-state index < -0.39 is 5.54 Å². The van der Waals surface area contributed by atoms with E-state index in [4.69, 9.17) is 16.0 Å². The Hall–Kier alpha value is -2.76. The summed E-state index contributed by atoms with van der Waals surface area (Å²) in [5.74, 6) is 1.52. The van der Waals surface area contributed by atoms with Crippen LogP contribution >= 0.6 is 23.4 Å². The molecule has 7 nitrogen and oxygen atoms in total. The summed E-state index contributed by atoms with van der Waals surface area (Å²) in [6, 6.07) is 13.5. The van der Waals surface area contributed by atoms with Crippen LogP contribution in [0.5, 0.6) is 0 Å². The number of carbonyl (C=O) groups is 1. The molecular formula is C23H24ClN5O2S. The van der Waals surface area contributed by atoms with Gasteiger partial charge < -0.3 is 9.32 Å². The molecule has 1 amide bonds. The molecule has 2 aromatic heterocycles. The van der Waals surface area contributed by atoms with E-state index in [9.17, 15) is 10.1 Å². The van der Waals surface area contributed by atoms with Gasteiger partial charge in [-0.25, -0.2) is 0 Å². The van der Waals surface area contributed by atoms with Gasteiger partial charge in [-0.3, -0.25) is 9.36 Å². The van der Waals surface area contributed by atoms with Crippen LogP contribution in [-0.2, 0) is 11.3 Å². The molecule has 0 saturated heterocycles. The average Bonchev–Trinajstić information content (AvgIpc) is 3.48. The van der Waals surface area contributed by atoms with Crippen molar-refractivity contribution in [3.8, 4) is 17.5 Å². The Balaban J connectivity index is 1.54. The van der Waals surface area contributed by atoms with Gasteiger partial charge in [-0.05, 0) is 49.2 Å². The van der Waals surface area contributed by atoms with Crippen molar-refractivity contribution >= 4 is 29.3 Å². The lowest BCUT2D eigenvalue weighted by Crippen LogP contribution is -2.50. The first-order valence-corrected chi connectivity index (χ1v) is 11.9. The lowest BCUT2D eigenvalue weighted by molar-refractivity contribution is -0.131. The lowest BCUT2D eigenvalue weighted by atomic mass is 9.81. The third-order valence-corrected chi connectivity index (χ3v) is 7.15. The van der Waals surface area contributed by atoms with Crippen LogP contribution in [0.15, 0.2) is 52.2 Å². The topological polar surface area (TPSA) is 87.9 Å². The minimum Gasteiger partial charge on any atom is -0.467 e. The molecule has 1 fully saturated rings. The molecule has 0 bridgehead atoms. The van der Waals surface area contributed by atoms with Crippen molar-refractivity contribution < 1.29 is 9.21 Å². The standard InChI is InChI=1S/C23H24ClN5O2S/c1-28(23(16-25)11-3-2-4-12-23)20(30)15-32-22-27-26-21(17-7-9-18(24)10-8-17)29(22)14-19-6-5-13-31-19/h5-10,13H,2-4,11-12,14-15H2,1H3. The number of nitriles is 1. The van der Waals surface area contributed by atoms with Crippen molar-refractivity contribution in [1.82, 2.24) is 19.7 Å². The SMILES string of the molecule is CN(C(=O)CSc1nnc(-c2ccc(Cl)cc2)n1Cc1ccco1)C1(C#N)CCCCC1. The van der Waals surface area contributed by atoms with Gasteiger partial charge in [-0.15, -0.1) is 10.2 Å². The van der Waals surface area contributed by atoms with Crippen molar-refractivity contribution in [2.75, 3.05) is 12.8 Å². The Morgan fingerprint density at radius 3 is 2.66 bits per heavy atom. The van der Waals surface area contributed by atoms with Gasteiger partial charge in [0.15, 0.2) is 11.0 Å². The summed E-state index contributed by atoms with van der Waals surface area (Å²) in [7, 11) is 1.74. The molecule has 166 valence electrons. The Bertz CT molecular complexity index is 1100. The Labute approximate surface area is 196 Å². The zero-order valence-corrected chi connectivity index (χ0v) is 19.4. The van der Waals surface area contributed by atoms with Gasteiger partial charge in [0.25, 0.3) is 0 Å². The Kier molecular flexibility index (Phi) is 6.87. The lowest BCUT2D eigenvalue weighted by Gasteiger charge is -2.39. The molecule has 9 heteroatoms. The molecule has 1 aromatic carbocycles. The van der Waals surface area contributed by atoms with E-state index in [2.05, 4.69) is 16.3 Å². The molecule has 0 unspecified atom stereocenters. The molecule has 4 rings (SSSR count). The second-order valence-electron chi connectivity index (χ2n) is 7.92. The molecule has 2 heterocycles. The molecular weight excluding hydrogens is 446 g/mol. The third kappa shape index (κ3) is 4.69. The maximum Gasteiger partial charge on any atom is 0.234 e. The van der Waals surface area contributed by atoms with E-state index in [1.54, 1.807) is 30.3 Å². The average molecular weight is 470 g/mol. The van der Waals surface area contributed by atoms with E-state index in [1.807, 2.05) is 28.8 Å². The Morgan fingerprint density at radius 1 is 1.25 bits per heavy atom. The number of nitrogens with zero attached hydrogens (tertiary/aromatic N) is 5. The van der Waals surface area contributed by atoms with Crippen LogP contribution in [0.1, 0.15) is 37.9 Å². The number of halogens is 1. The molecule has 0 aliphatic heterocycles. The zero-order chi connectivity index (χ0) is 22.6. The quantitative estimate of drug-likeness (QED) is 0.451. The van der Waals surface area contributed by atoms with Gasteiger partial charge in [0, 0.05) is 17.6 Å². The second-order valence-corrected chi connectivity index (χ2v) is 9.30. The highest BCUT2D eigenvalue weighted by molar-refractivity contribution is 7.99. The fraction of sp³-hybridized carbons (Fsp3) is 0.391. The summed E-state index contributed by atoms with van der Waals surface area (Å²) < 4.78 is 7.46. The van der Waals surface area contributed by atoms with Crippen molar-refractivity contribution in [2.24, 2.45) is 0 Å². The fourth-order valence-electron chi connectivity index (χ4n) is 4.03. The van der Waals surface area contributed by atoms with Crippen LogP contribution < -0.4 is 0 Å². The van der Waals surface area contributed by atoms with Gasteiger partial charge in [-0.2, -0.15) is 5.26 Å². The first kappa shape index (κ1) is 22.4. The van der Waals surface area contributed by atoms with Gasteiger partial charge in [-0.1, -0.05) is 42.6 Å². The minimum atomic E-state index is -0.702. The van der Waals surface area contributed by atoms with Crippen molar-refractivity contribution in [2.45, 2.75) is 49.3 Å². The summed E-state index contributed by atoms with van der Waals surface area (Å²) in [6.07, 6.45) is 6.14. The number of benzene rings is 1. The molecule has 0 spiro atoms. The smallest absolute Gasteiger partial charge is 0.234 e. The van der Waals surface area contributed by atoms with E-state index in [0.29, 0.717) is 22.5 Å². The maximum atomic E-state index is 13.0. The number of aromatic nitrogens is 3. The number of thioether (sulfide) groups is 1. The van der Waals surface area contributed by atoms with E-state index in [1.165, 1.54) is 11.8 Å². The molecule has 1 aliphatic carbocycles. The predicted octanol–water partition coefficient (Wildman–Crippen LogP) is 5.02.